The van der Waals surface area contributed by atoms with Crippen LogP contribution in [0, 0.1) is 5.82 Å². The van der Waals surface area contributed by atoms with E-state index < -0.39 is 6.10 Å². The number of aliphatic hydroxyl groups is 1. The highest BCUT2D eigenvalue weighted by Crippen LogP contribution is 2.10. The lowest BCUT2D eigenvalue weighted by Gasteiger charge is -2.28. The number of rotatable bonds is 8. The van der Waals surface area contributed by atoms with E-state index in [9.17, 15) is 9.50 Å². The van der Waals surface area contributed by atoms with E-state index in [1.807, 2.05) is 0 Å². The first-order valence-electron chi connectivity index (χ1n) is 7.18. The third kappa shape index (κ3) is 7.38. The van der Waals surface area contributed by atoms with E-state index in [-0.39, 0.29) is 24.8 Å². The minimum atomic E-state index is -0.506. The Kier molecular flexibility index (Phi) is 9.34. The molecule has 1 fully saturated rings. The number of benzene rings is 1. The van der Waals surface area contributed by atoms with Crippen molar-refractivity contribution < 1.29 is 23.7 Å². The van der Waals surface area contributed by atoms with E-state index in [1.165, 1.54) is 12.1 Å². The lowest BCUT2D eigenvalue weighted by molar-refractivity contribution is -0.0178. The zero-order chi connectivity index (χ0) is 14.9. The van der Waals surface area contributed by atoms with Gasteiger partial charge in [-0.2, -0.15) is 0 Å². The normalized spacial score (nSPS) is 16.8. The minimum absolute atomic E-state index is 0. The van der Waals surface area contributed by atoms with E-state index in [1.54, 1.807) is 12.1 Å². The van der Waals surface area contributed by atoms with Crippen molar-refractivity contribution in [2.75, 3.05) is 52.7 Å². The van der Waals surface area contributed by atoms with Gasteiger partial charge in [0, 0.05) is 19.6 Å². The summed E-state index contributed by atoms with van der Waals surface area (Å²) in [6.07, 6.45) is -0.506. The summed E-state index contributed by atoms with van der Waals surface area (Å²) >= 11 is 0. The van der Waals surface area contributed by atoms with Gasteiger partial charge in [0.25, 0.3) is 0 Å². The standard InChI is InChI=1S/C15H22FNO4.ClH/c16-13-1-3-15(4-2-13)21-10-9-20-12-14(18)11-17-5-7-19-8-6-17;/h1-4,14,18H,5-12H2;1H. The summed E-state index contributed by atoms with van der Waals surface area (Å²) in [5, 5.41) is 9.86. The average molecular weight is 336 g/mol. The Hall–Kier alpha value is -0.920. The molecule has 1 atom stereocenters. The van der Waals surface area contributed by atoms with Crippen LogP contribution in [0.3, 0.4) is 0 Å². The molecule has 1 unspecified atom stereocenters. The maximum Gasteiger partial charge on any atom is 0.123 e. The fourth-order valence-corrected chi connectivity index (χ4v) is 2.10. The minimum Gasteiger partial charge on any atom is -0.491 e. The smallest absolute Gasteiger partial charge is 0.123 e. The molecule has 5 nitrogen and oxygen atoms in total. The number of β-amino-alcohol motifs (C(OH)–C–C–N with tert-alkyl or cyclic N) is 1. The number of morpholine rings is 1. The second-order valence-corrected chi connectivity index (χ2v) is 4.94. The summed E-state index contributed by atoms with van der Waals surface area (Å²) in [4.78, 5) is 2.16. The number of halogens is 2. The first-order valence-corrected chi connectivity index (χ1v) is 7.18. The lowest BCUT2D eigenvalue weighted by atomic mass is 10.3. The van der Waals surface area contributed by atoms with Gasteiger partial charge in [-0.3, -0.25) is 4.90 Å². The quantitative estimate of drug-likeness (QED) is 0.727. The van der Waals surface area contributed by atoms with E-state index in [0.29, 0.717) is 25.5 Å². The molecule has 2 rings (SSSR count). The van der Waals surface area contributed by atoms with Crippen LogP contribution in [-0.2, 0) is 9.47 Å². The summed E-state index contributed by atoms with van der Waals surface area (Å²) in [6.45, 7) is 4.79. The third-order valence-corrected chi connectivity index (χ3v) is 3.19. The summed E-state index contributed by atoms with van der Waals surface area (Å²) in [5.41, 5.74) is 0. The van der Waals surface area contributed by atoms with Gasteiger partial charge in [-0.05, 0) is 24.3 Å². The van der Waals surface area contributed by atoms with Gasteiger partial charge in [-0.15, -0.1) is 12.4 Å². The molecule has 0 amide bonds. The van der Waals surface area contributed by atoms with Gasteiger partial charge in [0.05, 0.1) is 32.5 Å². The lowest BCUT2D eigenvalue weighted by Crippen LogP contribution is -2.42. The number of hydrogen-bond acceptors (Lipinski definition) is 5. The van der Waals surface area contributed by atoms with Gasteiger partial charge in [0.2, 0.25) is 0 Å². The van der Waals surface area contributed by atoms with Crippen LogP contribution in [0.25, 0.3) is 0 Å². The van der Waals surface area contributed by atoms with Gasteiger partial charge in [0.15, 0.2) is 0 Å². The molecular weight excluding hydrogens is 313 g/mol. The number of ether oxygens (including phenoxy) is 3. The highest BCUT2D eigenvalue weighted by Gasteiger charge is 2.14. The summed E-state index contributed by atoms with van der Waals surface area (Å²) in [5.74, 6) is 0.318. The van der Waals surface area contributed by atoms with Gasteiger partial charge in [-0.25, -0.2) is 4.39 Å². The molecule has 7 heteroatoms. The van der Waals surface area contributed by atoms with Crippen LogP contribution in [0.4, 0.5) is 4.39 Å². The molecule has 126 valence electrons. The third-order valence-electron chi connectivity index (χ3n) is 3.19. The van der Waals surface area contributed by atoms with Crippen LogP contribution < -0.4 is 4.74 Å². The van der Waals surface area contributed by atoms with Crippen molar-refractivity contribution in [3.05, 3.63) is 30.1 Å². The molecule has 1 aliphatic heterocycles. The molecule has 0 aliphatic carbocycles. The fraction of sp³-hybridized carbons (Fsp3) is 0.600. The Balaban J connectivity index is 0.00000242. The van der Waals surface area contributed by atoms with Crippen LogP contribution in [-0.4, -0.2) is 68.8 Å². The number of aliphatic hydroxyl groups excluding tert-OH is 1. The molecule has 0 spiro atoms. The molecule has 1 aromatic rings. The number of nitrogens with zero attached hydrogens (tertiary/aromatic N) is 1. The van der Waals surface area contributed by atoms with Gasteiger partial charge in [0.1, 0.15) is 18.2 Å². The zero-order valence-electron chi connectivity index (χ0n) is 12.4. The predicted molar refractivity (Wildman–Crippen MR) is 83.2 cm³/mol. The largest absolute Gasteiger partial charge is 0.491 e. The maximum atomic E-state index is 12.7. The van der Waals surface area contributed by atoms with Crippen LogP contribution in [0.2, 0.25) is 0 Å². The van der Waals surface area contributed by atoms with Crippen LogP contribution >= 0.6 is 12.4 Å². The topological polar surface area (TPSA) is 51.2 Å². The van der Waals surface area contributed by atoms with Gasteiger partial charge < -0.3 is 19.3 Å². The fourth-order valence-electron chi connectivity index (χ4n) is 2.10. The predicted octanol–water partition coefficient (Wildman–Crippen LogP) is 1.34. The highest BCUT2D eigenvalue weighted by atomic mass is 35.5. The molecule has 0 saturated carbocycles. The number of hydrogen-bond donors (Lipinski definition) is 1. The summed E-state index contributed by atoms with van der Waals surface area (Å²) in [7, 11) is 0. The molecule has 22 heavy (non-hydrogen) atoms. The molecular formula is C15H23ClFNO4. The average Bonchev–Trinajstić information content (AvgIpc) is 2.50. The van der Waals surface area contributed by atoms with Gasteiger partial charge in [-0.1, -0.05) is 0 Å². The van der Waals surface area contributed by atoms with E-state index in [4.69, 9.17) is 14.2 Å². The van der Waals surface area contributed by atoms with Crippen molar-refractivity contribution in [1.29, 1.82) is 0 Å². The second kappa shape index (κ2) is 10.7. The maximum absolute atomic E-state index is 12.7. The van der Waals surface area contributed by atoms with Crippen molar-refractivity contribution in [2.24, 2.45) is 0 Å². The molecule has 0 aromatic heterocycles. The summed E-state index contributed by atoms with van der Waals surface area (Å²) < 4.78 is 28.7. The van der Waals surface area contributed by atoms with Crippen molar-refractivity contribution in [3.8, 4) is 5.75 Å². The van der Waals surface area contributed by atoms with Crippen LogP contribution in [0.15, 0.2) is 24.3 Å². The first-order chi connectivity index (χ1) is 10.2. The Morgan fingerprint density at radius 3 is 2.55 bits per heavy atom. The van der Waals surface area contributed by atoms with E-state index in [2.05, 4.69) is 4.90 Å². The van der Waals surface area contributed by atoms with Crippen LogP contribution in [0.5, 0.6) is 5.75 Å². The first kappa shape index (κ1) is 19.1. The van der Waals surface area contributed by atoms with E-state index in [0.717, 1.165) is 26.3 Å². The van der Waals surface area contributed by atoms with E-state index >= 15 is 0 Å². The zero-order valence-corrected chi connectivity index (χ0v) is 13.3. The van der Waals surface area contributed by atoms with Crippen molar-refractivity contribution in [1.82, 2.24) is 4.90 Å². The van der Waals surface area contributed by atoms with Crippen molar-refractivity contribution in [2.45, 2.75) is 6.10 Å². The monoisotopic (exact) mass is 335 g/mol. The Bertz CT molecular complexity index is 401. The second-order valence-electron chi connectivity index (χ2n) is 4.94. The highest BCUT2D eigenvalue weighted by molar-refractivity contribution is 5.85. The molecule has 1 N–H and O–H groups in total. The van der Waals surface area contributed by atoms with Crippen LogP contribution in [0.1, 0.15) is 0 Å². The molecule has 1 aromatic carbocycles. The molecule has 0 radical (unpaired) electrons. The molecule has 1 aliphatic rings. The molecule has 1 saturated heterocycles. The van der Waals surface area contributed by atoms with Gasteiger partial charge >= 0.3 is 0 Å². The summed E-state index contributed by atoms with van der Waals surface area (Å²) in [6, 6.07) is 5.84. The SMILES string of the molecule is Cl.OC(COCCOc1ccc(F)cc1)CN1CCOCC1. The van der Waals surface area contributed by atoms with Crippen molar-refractivity contribution >= 4 is 12.4 Å². The Morgan fingerprint density at radius 2 is 1.86 bits per heavy atom. The Morgan fingerprint density at radius 1 is 1.18 bits per heavy atom. The van der Waals surface area contributed by atoms with Crippen molar-refractivity contribution in [3.63, 3.8) is 0 Å². The Labute approximate surface area is 136 Å². The molecule has 1 heterocycles. The molecule has 0 bridgehead atoms.